The zero-order valence-corrected chi connectivity index (χ0v) is 27.1. The van der Waals surface area contributed by atoms with E-state index in [1.807, 2.05) is 37.3 Å². The molecule has 7 nitrogen and oxygen atoms in total. The summed E-state index contributed by atoms with van der Waals surface area (Å²) in [7, 11) is 6.01. The summed E-state index contributed by atoms with van der Waals surface area (Å²) in [6.45, 7) is 12.6. The summed E-state index contributed by atoms with van der Waals surface area (Å²) < 4.78 is 42.6. The van der Waals surface area contributed by atoms with Crippen molar-refractivity contribution in [1.29, 1.82) is 0 Å². The Balaban J connectivity index is 2.71. The van der Waals surface area contributed by atoms with Gasteiger partial charge in [-0.1, -0.05) is 46.1 Å². The molecule has 2 aromatic carbocycles. The normalized spacial score (nSPS) is 12.8. The van der Waals surface area contributed by atoms with E-state index >= 15 is 0 Å². The second-order valence-electron chi connectivity index (χ2n) is 10.1. The molecular weight excluding hydrogens is 524 g/mol. The minimum atomic E-state index is -2.13. The smallest absolute Gasteiger partial charge is 0.203 e. The van der Waals surface area contributed by atoms with Gasteiger partial charge in [0.15, 0.2) is 31.3 Å². The van der Waals surface area contributed by atoms with E-state index in [0.29, 0.717) is 40.9 Å². The van der Waals surface area contributed by atoms with Crippen LogP contribution >= 0.6 is 0 Å². The molecule has 2 rings (SSSR count). The summed E-state index contributed by atoms with van der Waals surface area (Å²) in [5.41, 5.74) is 1.93. The van der Waals surface area contributed by atoms with Crippen LogP contribution in [0.5, 0.6) is 34.5 Å². The summed E-state index contributed by atoms with van der Waals surface area (Å²) in [6, 6.07) is 11.1. The molecule has 0 bridgehead atoms. The average molecular weight is 575 g/mol. The summed E-state index contributed by atoms with van der Waals surface area (Å²) in [4.78, 5) is 0. The van der Waals surface area contributed by atoms with Crippen LogP contribution < -0.4 is 28.4 Å². The van der Waals surface area contributed by atoms with E-state index in [0.717, 1.165) is 48.5 Å². The molecule has 40 heavy (non-hydrogen) atoms. The predicted octanol–water partition coefficient (Wildman–Crippen LogP) is 8.16. The monoisotopic (exact) mass is 574 g/mol. The van der Waals surface area contributed by atoms with Crippen LogP contribution in [0.15, 0.2) is 36.9 Å². The molecular formula is C32H50O7Si. The number of allylic oxidation sites excluding steroid dienone is 1. The van der Waals surface area contributed by atoms with Gasteiger partial charge >= 0.3 is 0 Å². The molecule has 0 saturated carbocycles. The van der Waals surface area contributed by atoms with Crippen molar-refractivity contribution in [2.45, 2.75) is 83.7 Å². The van der Waals surface area contributed by atoms with Crippen molar-refractivity contribution in [3.05, 3.63) is 48.0 Å². The molecule has 0 aromatic heterocycles. The molecule has 2 unspecified atom stereocenters. The number of ether oxygens (including phenoxy) is 6. The van der Waals surface area contributed by atoms with Crippen molar-refractivity contribution in [2.75, 3.05) is 35.5 Å². The number of methoxy groups -OCH3 is 5. The lowest BCUT2D eigenvalue weighted by molar-refractivity contribution is 0.0521. The minimum absolute atomic E-state index is 0.395. The van der Waals surface area contributed by atoms with Gasteiger partial charge in [0.05, 0.1) is 35.5 Å². The molecule has 0 amide bonds. The van der Waals surface area contributed by atoms with Gasteiger partial charge in [0.25, 0.3) is 0 Å². The van der Waals surface area contributed by atoms with E-state index in [2.05, 4.69) is 27.4 Å². The molecule has 0 N–H and O–H groups in total. The Morgan fingerprint density at radius 1 is 0.700 bits per heavy atom. The molecule has 0 aliphatic heterocycles. The van der Waals surface area contributed by atoms with Crippen LogP contribution in [0.1, 0.15) is 64.2 Å². The lowest BCUT2D eigenvalue weighted by Gasteiger charge is -2.38. The lowest BCUT2D eigenvalue weighted by Crippen LogP contribution is -2.42. The quantitative estimate of drug-likeness (QED) is 0.124. The van der Waals surface area contributed by atoms with E-state index in [1.165, 1.54) is 0 Å². The van der Waals surface area contributed by atoms with Crippen LogP contribution in [0.3, 0.4) is 0 Å². The second-order valence-corrected chi connectivity index (χ2v) is 14.2. The highest BCUT2D eigenvalue weighted by atomic mass is 28.4. The highest BCUT2D eigenvalue weighted by Gasteiger charge is 2.39. The van der Waals surface area contributed by atoms with Gasteiger partial charge in [-0.3, -0.25) is 0 Å². The molecule has 2 atom stereocenters. The zero-order chi connectivity index (χ0) is 29.7. The Bertz CT molecular complexity index is 1000. The van der Waals surface area contributed by atoms with Gasteiger partial charge < -0.3 is 32.8 Å². The first kappa shape index (κ1) is 33.4. The summed E-state index contributed by atoms with van der Waals surface area (Å²) in [5.74, 6) is 3.45. The summed E-state index contributed by atoms with van der Waals surface area (Å²) >= 11 is 0. The molecule has 0 fully saturated rings. The van der Waals surface area contributed by atoms with Crippen molar-refractivity contribution < 1.29 is 32.8 Å². The van der Waals surface area contributed by atoms with Crippen molar-refractivity contribution in [2.24, 2.45) is 0 Å². The van der Waals surface area contributed by atoms with Crippen LogP contribution in [0, 0.1) is 0 Å². The van der Waals surface area contributed by atoms with Crippen LogP contribution in [0.2, 0.25) is 18.1 Å². The van der Waals surface area contributed by atoms with E-state index in [4.69, 9.17) is 32.8 Å². The SMILES string of the molecule is C=CCc1cc(OC)c(OC(C)C(O[Si](CCC)(CCC)CCC)c2cc(OC)c(OC)c(OC)c2)c(OC)c1. The average Bonchev–Trinajstić information content (AvgIpc) is 2.96. The van der Waals surface area contributed by atoms with Gasteiger partial charge in [0.1, 0.15) is 12.2 Å². The highest BCUT2D eigenvalue weighted by Crippen LogP contribution is 2.45. The number of rotatable bonds is 19. The molecule has 0 radical (unpaired) electrons. The van der Waals surface area contributed by atoms with Gasteiger partial charge in [0.2, 0.25) is 11.5 Å². The summed E-state index contributed by atoms with van der Waals surface area (Å²) in [5, 5.41) is 0. The lowest BCUT2D eigenvalue weighted by atomic mass is 10.0. The maximum absolute atomic E-state index is 7.33. The Morgan fingerprint density at radius 3 is 1.52 bits per heavy atom. The van der Waals surface area contributed by atoms with Crippen LogP contribution in [0.25, 0.3) is 0 Å². The standard InChI is InChI=1S/C32H50O7Si/c1-11-15-24-19-26(33-6)32(27(20-24)34-7)38-23(5)30(39-40(16-12-2,17-13-3)18-14-4)25-21-28(35-8)31(37-10)29(22-25)36-9/h11,19-23,30H,1,12-18H2,2-10H3. The van der Waals surface area contributed by atoms with Crippen LogP contribution in [-0.4, -0.2) is 50.0 Å². The van der Waals surface area contributed by atoms with Gasteiger partial charge in [-0.25, -0.2) is 0 Å². The number of hydrogen-bond donors (Lipinski definition) is 0. The van der Waals surface area contributed by atoms with Crippen molar-refractivity contribution >= 4 is 8.32 Å². The molecule has 0 saturated heterocycles. The Kier molecular flexibility index (Phi) is 13.7. The number of benzene rings is 2. The zero-order valence-electron chi connectivity index (χ0n) is 26.1. The highest BCUT2D eigenvalue weighted by molar-refractivity contribution is 6.73. The van der Waals surface area contributed by atoms with Gasteiger partial charge in [-0.05, 0) is 66.9 Å². The Labute approximate surface area is 242 Å². The van der Waals surface area contributed by atoms with Crippen molar-refractivity contribution in [3.63, 3.8) is 0 Å². The van der Waals surface area contributed by atoms with E-state index in [-0.39, 0.29) is 0 Å². The first-order valence-corrected chi connectivity index (χ1v) is 16.8. The van der Waals surface area contributed by atoms with Gasteiger partial charge in [-0.15, -0.1) is 6.58 Å². The third-order valence-corrected chi connectivity index (χ3v) is 12.1. The molecule has 0 aliphatic rings. The number of hydrogen-bond acceptors (Lipinski definition) is 7. The molecule has 0 heterocycles. The van der Waals surface area contributed by atoms with Crippen molar-refractivity contribution in [3.8, 4) is 34.5 Å². The first-order chi connectivity index (χ1) is 19.3. The fraction of sp³-hybridized carbons (Fsp3) is 0.562. The van der Waals surface area contributed by atoms with Crippen LogP contribution in [0.4, 0.5) is 0 Å². The first-order valence-electron chi connectivity index (χ1n) is 14.3. The van der Waals surface area contributed by atoms with E-state index in [1.54, 1.807) is 35.5 Å². The van der Waals surface area contributed by atoms with Crippen LogP contribution in [-0.2, 0) is 10.8 Å². The maximum atomic E-state index is 7.33. The maximum Gasteiger partial charge on any atom is 0.203 e. The topological polar surface area (TPSA) is 64.6 Å². The fourth-order valence-corrected chi connectivity index (χ4v) is 10.2. The molecule has 0 aliphatic carbocycles. The minimum Gasteiger partial charge on any atom is -0.493 e. The largest absolute Gasteiger partial charge is 0.493 e. The predicted molar refractivity (Wildman–Crippen MR) is 165 cm³/mol. The third-order valence-electron chi connectivity index (χ3n) is 7.14. The molecule has 8 heteroatoms. The van der Waals surface area contributed by atoms with Crippen molar-refractivity contribution in [1.82, 2.24) is 0 Å². The molecule has 2 aromatic rings. The molecule has 224 valence electrons. The van der Waals surface area contributed by atoms with Gasteiger partial charge in [-0.2, -0.15) is 0 Å². The molecule has 0 spiro atoms. The Morgan fingerprint density at radius 2 is 1.15 bits per heavy atom. The summed E-state index contributed by atoms with van der Waals surface area (Å²) in [6.07, 6.45) is 4.99. The van der Waals surface area contributed by atoms with E-state index in [9.17, 15) is 0 Å². The Hall–Kier alpha value is -2.84. The second kappa shape index (κ2) is 16.4. The van der Waals surface area contributed by atoms with E-state index < -0.39 is 20.5 Å². The van der Waals surface area contributed by atoms with Gasteiger partial charge in [0, 0.05) is 0 Å². The third kappa shape index (κ3) is 8.10. The fourth-order valence-electron chi connectivity index (χ4n) is 5.47.